The second-order valence-corrected chi connectivity index (χ2v) is 6.27. The molecule has 0 aliphatic carbocycles. The number of amides is 2. The molecule has 23 heavy (non-hydrogen) atoms. The summed E-state index contributed by atoms with van der Waals surface area (Å²) in [4.78, 5) is 25.6. The van der Waals surface area contributed by atoms with Crippen molar-refractivity contribution in [3.8, 4) is 0 Å². The molecule has 1 heterocycles. The molecule has 3 N–H and O–H groups in total. The van der Waals surface area contributed by atoms with E-state index in [0.29, 0.717) is 29.5 Å². The van der Waals surface area contributed by atoms with Gasteiger partial charge in [-0.15, -0.1) is 0 Å². The van der Waals surface area contributed by atoms with Crippen molar-refractivity contribution < 1.29 is 14.3 Å². The van der Waals surface area contributed by atoms with Crippen molar-refractivity contribution in [3.05, 3.63) is 28.8 Å². The number of carbonyl (C=O) groups excluding carboxylic acids is 2. The van der Waals surface area contributed by atoms with Crippen LogP contribution in [-0.2, 0) is 9.53 Å². The molecule has 1 aromatic rings. The van der Waals surface area contributed by atoms with Crippen LogP contribution in [0.25, 0.3) is 0 Å². The molecule has 0 radical (unpaired) electrons. The fraction of sp³-hybridized carbons (Fsp3) is 0.500. The monoisotopic (exact) mass is 339 g/mol. The largest absolute Gasteiger partial charge is 0.381 e. The number of nitrogens with one attached hydrogen (secondary N) is 1. The zero-order chi connectivity index (χ0) is 17.0. The summed E-state index contributed by atoms with van der Waals surface area (Å²) in [6, 6.07) is 4.23. The van der Waals surface area contributed by atoms with Crippen molar-refractivity contribution in [1.82, 2.24) is 4.90 Å². The number of nitrogens with two attached hydrogens (primary N) is 1. The first-order chi connectivity index (χ1) is 10.9. The summed E-state index contributed by atoms with van der Waals surface area (Å²) in [6.07, 6.45) is 1.57. The molecule has 0 saturated carbocycles. The van der Waals surface area contributed by atoms with Gasteiger partial charge in [0, 0.05) is 33.0 Å². The minimum Gasteiger partial charge on any atom is -0.381 e. The van der Waals surface area contributed by atoms with Crippen molar-refractivity contribution in [2.24, 2.45) is 11.7 Å². The molecule has 1 fully saturated rings. The Morgan fingerprint density at radius 2 is 2.00 bits per heavy atom. The van der Waals surface area contributed by atoms with Gasteiger partial charge in [0.1, 0.15) is 0 Å². The van der Waals surface area contributed by atoms with Gasteiger partial charge in [-0.05, 0) is 37.0 Å². The average molecular weight is 340 g/mol. The van der Waals surface area contributed by atoms with Crippen LogP contribution in [-0.4, -0.2) is 50.1 Å². The first-order valence-electron chi connectivity index (χ1n) is 7.55. The number of nitrogens with zero attached hydrogens (tertiary/aromatic N) is 1. The summed E-state index contributed by atoms with van der Waals surface area (Å²) in [5.41, 5.74) is 6.95. The van der Waals surface area contributed by atoms with Gasteiger partial charge in [0.15, 0.2) is 0 Å². The van der Waals surface area contributed by atoms with Crippen LogP contribution >= 0.6 is 11.6 Å². The molecule has 1 saturated heterocycles. The highest BCUT2D eigenvalue weighted by atomic mass is 35.5. The Labute approximate surface area is 140 Å². The fourth-order valence-electron chi connectivity index (χ4n) is 2.52. The summed E-state index contributed by atoms with van der Waals surface area (Å²) in [7, 11) is 3.31. The van der Waals surface area contributed by atoms with E-state index >= 15 is 0 Å². The van der Waals surface area contributed by atoms with E-state index in [1.165, 1.54) is 4.90 Å². The van der Waals surface area contributed by atoms with E-state index < -0.39 is 6.04 Å². The Hall–Kier alpha value is -1.63. The molecule has 6 nitrogen and oxygen atoms in total. The third-order valence-electron chi connectivity index (χ3n) is 3.95. The van der Waals surface area contributed by atoms with Gasteiger partial charge in [-0.2, -0.15) is 0 Å². The maximum atomic E-state index is 12.3. The summed E-state index contributed by atoms with van der Waals surface area (Å²) in [6.45, 7) is 1.28. The molecule has 1 aliphatic rings. The molecule has 2 amide bonds. The smallest absolute Gasteiger partial charge is 0.254 e. The maximum Gasteiger partial charge on any atom is 0.254 e. The Morgan fingerprint density at radius 3 is 2.57 bits per heavy atom. The average Bonchev–Trinajstić information content (AvgIpc) is 2.54. The Bertz CT molecular complexity index is 586. The van der Waals surface area contributed by atoms with Crippen LogP contribution in [0, 0.1) is 5.92 Å². The van der Waals surface area contributed by atoms with Crippen LogP contribution < -0.4 is 11.1 Å². The Balaban J connectivity index is 2.03. The highest BCUT2D eigenvalue weighted by Gasteiger charge is 2.26. The number of hydrogen-bond acceptors (Lipinski definition) is 4. The number of rotatable bonds is 4. The molecule has 1 aliphatic heterocycles. The molecule has 0 bridgehead atoms. The van der Waals surface area contributed by atoms with Gasteiger partial charge in [0.2, 0.25) is 5.91 Å². The number of hydrogen-bond donors (Lipinski definition) is 2. The first-order valence-corrected chi connectivity index (χ1v) is 7.93. The Kier molecular flexibility index (Phi) is 5.98. The topological polar surface area (TPSA) is 84.7 Å². The predicted octanol–water partition coefficient (Wildman–Crippen LogP) is 1.73. The van der Waals surface area contributed by atoms with Crippen LogP contribution in [0.5, 0.6) is 0 Å². The molecule has 1 unspecified atom stereocenters. The van der Waals surface area contributed by atoms with Crippen molar-refractivity contribution in [3.63, 3.8) is 0 Å². The van der Waals surface area contributed by atoms with Crippen molar-refractivity contribution >= 4 is 29.1 Å². The second-order valence-electron chi connectivity index (χ2n) is 5.86. The van der Waals surface area contributed by atoms with Crippen LogP contribution in [0.3, 0.4) is 0 Å². The normalized spacial score (nSPS) is 16.7. The number of anilines is 1. The standard InChI is InChI=1S/C16H22ClN3O3/c1-20(2)16(22)12-4-3-11(9-13(12)17)19-15(21)14(18)10-5-7-23-8-6-10/h3-4,9-10,14H,5-8,18H2,1-2H3,(H,19,21). The lowest BCUT2D eigenvalue weighted by Gasteiger charge is -2.26. The molecule has 0 aromatic heterocycles. The van der Waals surface area contributed by atoms with Crippen LogP contribution in [0.15, 0.2) is 18.2 Å². The number of benzene rings is 1. The maximum absolute atomic E-state index is 12.3. The van der Waals surface area contributed by atoms with Gasteiger partial charge in [-0.3, -0.25) is 9.59 Å². The number of carbonyl (C=O) groups is 2. The van der Waals surface area contributed by atoms with E-state index in [1.807, 2.05) is 0 Å². The quantitative estimate of drug-likeness (QED) is 0.875. The zero-order valence-electron chi connectivity index (χ0n) is 13.3. The van der Waals surface area contributed by atoms with Crippen molar-refractivity contribution in [2.45, 2.75) is 18.9 Å². The summed E-state index contributed by atoms with van der Waals surface area (Å²) in [5.74, 6) is -0.319. The zero-order valence-corrected chi connectivity index (χ0v) is 14.1. The lowest BCUT2D eigenvalue weighted by atomic mass is 9.92. The molecular weight excluding hydrogens is 318 g/mol. The third kappa shape index (κ3) is 4.43. The molecule has 2 rings (SSSR count). The van der Waals surface area contributed by atoms with Crippen LogP contribution in [0.4, 0.5) is 5.69 Å². The molecule has 7 heteroatoms. The van der Waals surface area contributed by atoms with Gasteiger partial charge in [-0.1, -0.05) is 11.6 Å². The number of halogens is 1. The lowest BCUT2D eigenvalue weighted by Crippen LogP contribution is -2.44. The summed E-state index contributed by atoms with van der Waals surface area (Å²) >= 11 is 6.13. The third-order valence-corrected chi connectivity index (χ3v) is 4.26. The highest BCUT2D eigenvalue weighted by molar-refractivity contribution is 6.34. The van der Waals surface area contributed by atoms with Crippen LogP contribution in [0.1, 0.15) is 23.2 Å². The van der Waals surface area contributed by atoms with Gasteiger partial charge in [0.25, 0.3) is 5.91 Å². The second kappa shape index (κ2) is 7.77. The fourth-order valence-corrected chi connectivity index (χ4v) is 2.78. The van der Waals surface area contributed by atoms with E-state index in [1.54, 1.807) is 32.3 Å². The molecule has 1 atom stereocenters. The lowest BCUT2D eigenvalue weighted by molar-refractivity contribution is -0.119. The van der Waals surface area contributed by atoms with E-state index in [2.05, 4.69) is 5.32 Å². The van der Waals surface area contributed by atoms with Crippen molar-refractivity contribution in [1.29, 1.82) is 0 Å². The predicted molar refractivity (Wildman–Crippen MR) is 89.6 cm³/mol. The SMILES string of the molecule is CN(C)C(=O)c1ccc(NC(=O)C(N)C2CCOCC2)cc1Cl. The Morgan fingerprint density at radius 1 is 1.35 bits per heavy atom. The van der Waals surface area contributed by atoms with E-state index in [4.69, 9.17) is 22.1 Å². The van der Waals surface area contributed by atoms with E-state index in [0.717, 1.165) is 12.8 Å². The number of ether oxygens (including phenoxy) is 1. The molecule has 126 valence electrons. The summed E-state index contributed by atoms with van der Waals surface area (Å²) < 4.78 is 5.28. The molecule has 0 spiro atoms. The van der Waals surface area contributed by atoms with Gasteiger partial charge in [-0.25, -0.2) is 0 Å². The van der Waals surface area contributed by atoms with Gasteiger partial charge in [0.05, 0.1) is 16.6 Å². The van der Waals surface area contributed by atoms with Crippen LogP contribution in [0.2, 0.25) is 5.02 Å². The van der Waals surface area contributed by atoms with E-state index in [-0.39, 0.29) is 17.7 Å². The first kappa shape index (κ1) is 17.7. The summed E-state index contributed by atoms with van der Waals surface area (Å²) in [5, 5.41) is 3.05. The van der Waals surface area contributed by atoms with Crippen molar-refractivity contribution in [2.75, 3.05) is 32.6 Å². The highest BCUT2D eigenvalue weighted by Crippen LogP contribution is 2.23. The minimum atomic E-state index is -0.583. The van der Waals surface area contributed by atoms with E-state index in [9.17, 15) is 9.59 Å². The van der Waals surface area contributed by atoms with Gasteiger partial charge < -0.3 is 20.7 Å². The molecule has 1 aromatic carbocycles. The molecular formula is C16H22ClN3O3. The van der Waals surface area contributed by atoms with Gasteiger partial charge >= 0.3 is 0 Å². The minimum absolute atomic E-state index is 0.119.